The molecule has 380 valence electrons. The number of nitrogens with zero attached hydrogens (tertiary/aromatic N) is 2. The van der Waals surface area contributed by atoms with E-state index in [1.165, 1.54) is 81.9 Å². The number of carboxylic acid groups (broad SMARTS) is 1. The fraction of sp³-hybridized carbons (Fsp3) is 0.345. The molecular weight excluding hydrogens is 1040 g/mol. The molecule has 0 radical (unpaired) electrons. The number of para-hydroxylation sites is 1. The molecule has 0 saturated heterocycles. The van der Waals surface area contributed by atoms with Crippen molar-refractivity contribution in [1.82, 2.24) is 0 Å². The van der Waals surface area contributed by atoms with Gasteiger partial charge in [0.05, 0.1) is 55.3 Å². The number of fused-ring (bicyclic) bond motifs is 7. The van der Waals surface area contributed by atoms with Gasteiger partial charge < -0.3 is 57.4 Å². The van der Waals surface area contributed by atoms with E-state index in [9.17, 15) is 9.90 Å². The van der Waals surface area contributed by atoms with E-state index in [-0.39, 0.29) is 12.0 Å². The predicted molar refractivity (Wildman–Crippen MR) is 290 cm³/mol. The topological polar surface area (TPSA) is 137 Å². The van der Waals surface area contributed by atoms with Crippen LogP contribution < -0.4 is 52.3 Å². The molecule has 2 aromatic carbocycles. The Morgan fingerprint density at radius 3 is 1.42 bits per heavy atom. The molecule has 0 atom stereocenters. The van der Waals surface area contributed by atoms with Crippen LogP contribution in [0.2, 0.25) is 0 Å². The summed E-state index contributed by atoms with van der Waals surface area (Å²) < 4.78 is 64.4. The summed E-state index contributed by atoms with van der Waals surface area (Å²) in [7, 11) is 0. The smallest absolute Gasteiger partial charge is 0.333 e. The quantitative estimate of drug-likeness (QED) is 0.0707. The highest BCUT2D eigenvalue weighted by atomic mass is 32.1. The van der Waals surface area contributed by atoms with E-state index in [4.69, 9.17) is 53.9 Å². The van der Waals surface area contributed by atoms with Crippen molar-refractivity contribution in [2.45, 2.75) is 51.9 Å². The maximum absolute atomic E-state index is 11.9. The first-order valence-electron chi connectivity index (χ1n) is 24.7. The third-order valence-electron chi connectivity index (χ3n) is 13.8. The summed E-state index contributed by atoms with van der Waals surface area (Å²) in [6.45, 7) is 18.9. The third-order valence-corrected chi connectivity index (χ3v) is 20.2. The number of benzene rings is 2. The Bertz CT molecular complexity index is 3480. The number of carbonyl (C=O) groups is 1. The lowest BCUT2D eigenvalue weighted by atomic mass is 9.73. The Morgan fingerprint density at radius 2 is 0.959 bits per heavy atom. The predicted octanol–water partition coefficient (Wildman–Crippen LogP) is 13.9. The van der Waals surface area contributed by atoms with Gasteiger partial charge in [-0.1, -0.05) is 64.3 Å². The Hall–Kier alpha value is -6.56. The van der Waals surface area contributed by atoms with Gasteiger partial charge in [0.1, 0.15) is 66.1 Å². The largest absolute Gasteiger partial charge is 0.486 e. The number of aliphatic carboxylic acids is 1. The molecule has 7 aromatic rings. The fourth-order valence-corrected chi connectivity index (χ4v) is 16.8. The van der Waals surface area contributed by atoms with Crippen LogP contribution in [0.5, 0.6) is 57.5 Å². The maximum Gasteiger partial charge on any atom is 0.333 e. The van der Waals surface area contributed by atoms with Crippen molar-refractivity contribution in [3.05, 3.63) is 75.6 Å². The zero-order chi connectivity index (χ0) is 50.2. The van der Waals surface area contributed by atoms with Crippen LogP contribution in [0.3, 0.4) is 0 Å². The van der Waals surface area contributed by atoms with Crippen LogP contribution in [0.1, 0.15) is 62.5 Å². The first kappa shape index (κ1) is 47.2. The van der Waals surface area contributed by atoms with E-state index >= 15 is 0 Å². The third kappa shape index (κ3) is 7.65. The van der Waals surface area contributed by atoms with Crippen molar-refractivity contribution in [3.63, 3.8) is 0 Å². The number of hydrogen-bond donors (Lipinski definition) is 1. The molecule has 6 aliphatic heterocycles. The first-order chi connectivity index (χ1) is 36.2. The second-order valence-corrected chi connectivity index (χ2v) is 23.8. The minimum Gasteiger partial charge on any atom is -0.486 e. The van der Waals surface area contributed by atoms with Crippen LogP contribution in [0, 0.1) is 6.57 Å². The first-order valence-corrected chi connectivity index (χ1v) is 28.8. The average molecular weight is 1090 g/mol. The Balaban J connectivity index is 0.921. The molecule has 14 nitrogen and oxygen atoms in total. The number of thiophene rings is 5. The highest BCUT2D eigenvalue weighted by Crippen LogP contribution is 2.68. The van der Waals surface area contributed by atoms with Crippen molar-refractivity contribution < 1.29 is 57.3 Å². The standard InChI is InChI=1S/C55H48N2O12S5/c1-5-6-7-10-15-57-32-12-9-8-11-29(32)55(2,3)30-26-28(13-14-33(30)57)45-37-38(63-19-18-62-37)48(71-45)49-41-42(67-23-22-66-41)52(73-49)53-44-43(68-24-25-69-44)51(74-53)50-40-39(64-20-21-65-40)47(72-50)46-36-35(60-16-17-61-36)34(70-46)27-31(56-4)54(58)59/h8-9,11-14,26-27H,5-7,10,15-25H2,1-3H3,(H,58,59)/b31-27-. The lowest BCUT2D eigenvalue weighted by Gasteiger charge is -2.42. The van der Waals surface area contributed by atoms with Gasteiger partial charge in [0.15, 0.2) is 57.5 Å². The van der Waals surface area contributed by atoms with Gasteiger partial charge in [-0.25, -0.2) is 4.85 Å². The van der Waals surface area contributed by atoms with E-state index < -0.39 is 11.7 Å². The molecule has 0 saturated carbocycles. The molecule has 0 spiro atoms. The molecule has 0 fully saturated rings. The highest BCUT2D eigenvalue weighted by molar-refractivity contribution is 7.31. The molecule has 0 unspecified atom stereocenters. The van der Waals surface area contributed by atoms with E-state index in [0.29, 0.717) is 121 Å². The van der Waals surface area contributed by atoms with Crippen molar-refractivity contribution >= 4 is 80.1 Å². The van der Waals surface area contributed by atoms with Crippen molar-refractivity contribution in [2.75, 3.05) is 77.5 Å². The summed E-state index contributed by atoms with van der Waals surface area (Å²) in [4.78, 5) is 25.6. The summed E-state index contributed by atoms with van der Waals surface area (Å²) in [5, 5.41) is 9.72. The summed E-state index contributed by atoms with van der Waals surface area (Å²) in [6.07, 6.45) is 6.08. The Kier molecular flexibility index (Phi) is 12.1. The molecule has 5 aromatic heterocycles. The van der Waals surface area contributed by atoms with E-state index in [2.05, 4.69) is 73.0 Å². The van der Waals surface area contributed by atoms with Gasteiger partial charge in [-0.05, 0) is 47.4 Å². The van der Waals surface area contributed by atoms with Crippen molar-refractivity contribution in [3.8, 4) is 107 Å². The van der Waals surface area contributed by atoms with Crippen LogP contribution in [0.25, 0.3) is 60.4 Å². The summed E-state index contributed by atoms with van der Waals surface area (Å²) in [6, 6.07) is 15.7. The zero-order valence-electron chi connectivity index (χ0n) is 40.6. The fourth-order valence-electron chi connectivity index (χ4n) is 10.4. The number of carboxylic acids is 1. The van der Waals surface area contributed by atoms with Gasteiger partial charge in [-0.15, -0.1) is 56.7 Å². The number of hydrogen-bond acceptors (Lipinski definition) is 17. The van der Waals surface area contributed by atoms with E-state index in [1.807, 2.05) is 0 Å². The molecule has 0 bridgehead atoms. The van der Waals surface area contributed by atoms with Crippen molar-refractivity contribution in [1.29, 1.82) is 0 Å². The van der Waals surface area contributed by atoms with Gasteiger partial charge in [-0.3, -0.25) is 4.79 Å². The average Bonchev–Trinajstić information content (AvgIpc) is 4.27. The molecular formula is C55H48N2O12S5. The monoisotopic (exact) mass is 1090 g/mol. The van der Waals surface area contributed by atoms with Gasteiger partial charge in [-0.2, -0.15) is 0 Å². The lowest BCUT2D eigenvalue weighted by Crippen LogP contribution is -2.33. The van der Waals surface area contributed by atoms with E-state index in [1.54, 1.807) is 22.7 Å². The molecule has 1 N–H and O–H groups in total. The van der Waals surface area contributed by atoms with Gasteiger partial charge in [0.2, 0.25) is 0 Å². The SMILES string of the molecule is [C-]#[N+]/C(=C\c1sc(-c2sc(-c3sc(-c4sc(-c5sc(-c6ccc7c(c6)C(C)(C)c6ccccc6N7CCCCCC)c6c5OCCO6)c5c4OCCO5)c4c3OCCO4)c3c2OCCO3)c2c1OCCO2)C(=O)O. The minimum atomic E-state index is -1.33. The molecule has 13 rings (SSSR count). The molecule has 0 aliphatic carbocycles. The maximum atomic E-state index is 11.9. The molecule has 6 aliphatic rings. The Morgan fingerprint density at radius 1 is 0.554 bits per heavy atom. The number of rotatable bonds is 12. The summed E-state index contributed by atoms with van der Waals surface area (Å²) in [5.41, 5.74) is 5.51. The zero-order valence-corrected chi connectivity index (χ0v) is 44.7. The lowest BCUT2D eigenvalue weighted by molar-refractivity contribution is -0.132. The normalized spacial score (nSPS) is 16.6. The van der Waals surface area contributed by atoms with Crippen LogP contribution in [0.15, 0.2) is 48.2 Å². The van der Waals surface area contributed by atoms with Gasteiger partial charge in [0, 0.05) is 23.3 Å². The highest BCUT2D eigenvalue weighted by Gasteiger charge is 2.41. The van der Waals surface area contributed by atoms with Gasteiger partial charge >= 0.3 is 5.97 Å². The van der Waals surface area contributed by atoms with Crippen LogP contribution in [-0.2, 0) is 10.2 Å². The Labute approximate surface area is 446 Å². The molecule has 0 amide bonds. The number of ether oxygens (including phenoxy) is 10. The second-order valence-electron chi connectivity index (χ2n) is 18.6. The van der Waals surface area contributed by atoms with E-state index in [0.717, 1.165) is 63.3 Å². The molecule has 19 heteroatoms. The van der Waals surface area contributed by atoms with Gasteiger partial charge in [0.25, 0.3) is 5.70 Å². The second kappa shape index (κ2) is 19.0. The van der Waals surface area contributed by atoms with Crippen LogP contribution in [-0.4, -0.2) is 83.7 Å². The van der Waals surface area contributed by atoms with Crippen molar-refractivity contribution in [2.24, 2.45) is 0 Å². The van der Waals surface area contributed by atoms with Crippen LogP contribution >= 0.6 is 56.7 Å². The summed E-state index contributed by atoms with van der Waals surface area (Å²) in [5.74, 6) is 4.52. The van der Waals surface area contributed by atoms with Crippen LogP contribution in [0.4, 0.5) is 11.4 Å². The molecule has 74 heavy (non-hydrogen) atoms. The number of unbranched alkanes of at least 4 members (excludes halogenated alkanes) is 3. The minimum absolute atomic E-state index is 0.249. The summed E-state index contributed by atoms with van der Waals surface area (Å²) >= 11 is 7.47. The number of anilines is 2. The molecule has 11 heterocycles.